The van der Waals surface area contributed by atoms with Crippen LogP contribution >= 0.6 is 12.4 Å². The number of halogens is 1. The molecule has 0 bridgehead atoms. The van der Waals surface area contributed by atoms with Crippen molar-refractivity contribution in [2.75, 3.05) is 31.3 Å². The van der Waals surface area contributed by atoms with Crippen LogP contribution < -0.4 is 21.3 Å². The van der Waals surface area contributed by atoms with Crippen LogP contribution in [-0.4, -0.2) is 32.6 Å². The lowest BCUT2D eigenvalue weighted by molar-refractivity contribution is -0.116. The number of nitrogens with one attached hydrogen (secondary N) is 4. The van der Waals surface area contributed by atoms with E-state index in [4.69, 9.17) is 0 Å². The summed E-state index contributed by atoms with van der Waals surface area (Å²) in [6, 6.07) is 6.73. The predicted molar refractivity (Wildman–Crippen MR) is 83.6 cm³/mol. The maximum atomic E-state index is 11.6. The molecule has 0 unspecified atom stereocenters. The molecule has 1 aromatic carbocycles. The van der Waals surface area contributed by atoms with Gasteiger partial charge in [0.1, 0.15) is 0 Å². The van der Waals surface area contributed by atoms with E-state index in [-0.39, 0.29) is 24.3 Å². The zero-order valence-electron chi connectivity index (χ0n) is 11.7. The lowest BCUT2D eigenvalue weighted by atomic mass is 10.2. The number of carbonyl (C=O) groups excluding carboxylic acids is 2. The Hall–Kier alpha value is -1.79. The highest BCUT2D eigenvalue weighted by Gasteiger charge is 2.03. The third-order valence-electron chi connectivity index (χ3n) is 2.46. The van der Waals surface area contributed by atoms with Crippen LogP contribution in [-0.2, 0) is 4.79 Å². The Morgan fingerprint density at radius 3 is 2.35 bits per heavy atom. The molecule has 0 aliphatic rings. The third-order valence-corrected chi connectivity index (χ3v) is 2.46. The van der Waals surface area contributed by atoms with E-state index in [0.717, 1.165) is 13.0 Å². The Morgan fingerprint density at radius 2 is 1.75 bits per heavy atom. The van der Waals surface area contributed by atoms with E-state index in [9.17, 15) is 9.59 Å². The maximum absolute atomic E-state index is 11.6. The lowest BCUT2D eigenvalue weighted by Crippen LogP contribution is -2.24. The number of amides is 3. The Kier molecular flexibility index (Phi) is 9.15. The van der Waals surface area contributed by atoms with Gasteiger partial charge in [0.15, 0.2) is 0 Å². The van der Waals surface area contributed by atoms with Crippen molar-refractivity contribution < 1.29 is 9.59 Å². The molecule has 4 N–H and O–H groups in total. The molecular formula is C13H21ClN4O2. The number of hydrogen-bond acceptors (Lipinski definition) is 3. The molecule has 112 valence electrons. The van der Waals surface area contributed by atoms with Crippen LogP contribution in [0.1, 0.15) is 12.8 Å². The summed E-state index contributed by atoms with van der Waals surface area (Å²) < 4.78 is 0. The minimum atomic E-state index is -0.294. The third kappa shape index (κ3) is 6.96. The normalized spacial score (nSPS) is 9.30. The van der Waals surface area contributed by atoms with Crippen molar-refractivity contribution in [1.29, 1.82) is 0 Å². The molecule has 1 rings (SSSR count). The Balaban J connectivity index is 0.00000361. The van der Waals surface area contributed by atoms with E-state index in [2.05, 4.69) is 21.3 Å². The molecule has 0 saturated carbocycles. The molecule has 0 heterocycles. The van der Waals surface area contributed by atoms with Crippen LogP contribution in [0.3, 0.4) is 0 Å². The Bertz CT molecular complexity index is 440. The van der Waals surface area contributed by atoms with Crippen LogP contribution in [0, 0.1) is 0 Å². The number of urea groups is 1. The van der Waals surface area contributed by atoms with Crippen LogP contribution in [0.15, 0.2) is 24.3 Å². The van der Waals surface area contributed by atoms with Crippen LogP contribution in [0.25, 0.3) is 0 Å². The SMILES string of the molecule is CNCCCC(=O)Nc1cccc(NC(=O)NC)c1.Cl. The highest BCUT2D eigenvalue weighted by molar-refractivity contribution is 5.93. The Labute approximate surface area is 125 Å². The van der Waals surface area contributed by atoms with E-state index in [1.54, 1.807) is 31.3 Å². The average Bonchev–Trinajstić information content (AvgIpc) is 2.39. The van der Waals surface area contributed by atoms with E-state index in [0.29, 0.717) is 17.8 Å². The second-order valence-electron chi connectivity index (χ2n) is 4.04. The molecule has 6 nitrogen and oxygen atoms in total. The highest BCUT2D eigenvalue weighted by atomic mass is 35.5. The summed E-state index contributed by atoms with van der Waals surface area (Å²) in [6.07, 6.45) is 1.26. The fourth-order valence-corrected chi connectivity index (χ4v) is 1.52. The van der Waals surface area contributed by atoms with Crippen molar-refractivity contribution in [3.63, 3.8) is 0 Å². The van der Waals surface area contributed by atoms with Gasteiger partial charge < -0.3 is 21.3 Å². The molecule has 3 amide bonds. The average molecular weight is 301 g/mol. The number of benzene rings is 1. The summed E-state index contributed by atoms with van der Waals surface area (Å²) in [4.78, 5) is 22.8. The molecule has 0 saturated heterocycles. The number of carbonyl (C=O) groups is 2. The first-order chi connectivity index (χ1) is 9.15. The lowest BCUT2D eigenvalue weighted by Gasteiger charge is -2.08. The van der Waals surface area contributed by atoms with Crippen molar-refractivity contribution in [3.05, 3.63) is 24.3 Å². The second kappa shape index (κ2) is 10.1. The second-order valence-corrected chi connectivity index (χ2v) is 4.04. The van der Waals surface area contributed by atoms with E-state index in [1.165, 1.54) is 0 Å². The van der Waals surface area contributed by atoms with E-state index < -0.39 is 0 Å². The zero-order chi connectivity index (χ0) is 14.1. The number of hydrogen-bond donors (Lipinski definition) is 4. The summed E-state index contributed by atoms with van der Waals surface area (Å²) in [5.74, 6) is -0.0349. The summed E-state index contributed by atoms with van der Waals surface area (Å²) in [6.45, 7) is 0.811. The summed E-state index contributed by atoms with van der Waals surface area (Å²) in [5, 5.41) is 10.9. The molecule has 7 heteroatoms. The van der Waals surface area contributed by atoms with Gasteiger partial charge in [0.2, 0.25) is 5.91 Å². The standard InChI is InChI=1S/C13H20N4O2.ClH/c1-14-8-4-7-12(18)16-10-5-3-6-11(9-10)17-13(19)15-2;/h3,5-6,9,14H,4,7-8H2,1-2H3,(H,16,18)(H2,15,17,19);1H. The monoisotopic (exact) mass is 300 g/mol. The molecule has 0 fully saturated rings. The molecule has 0 aromatic heterocycles. The summed E-state index contributed by atoms with van der Waals surface area (Å²) in [7, 11) is 3.40. The molecule has 20 heavy (non-hydrogen) atoms. The summed E-state index contributed by atoms with van der Waals surface area (Å²) >= 11 is 0. The van der Waals surface area contributed by atoms with Gasteiger partial charge in [-0.15, -0.1) is 12.4 Å². The minimum absolute atomic E-state index is 0. The molecule has 0 aliphatic carbocycles. The van der Waals surface area contributed by atoms with Crippen molar-refractivity contribution >= 4 is 35.7 Å². The van der Waals surface area contributed by atoms with Gasteiger partial charge in [0, 0.05) is 24.8 Å². The fraction of sp³-hybridized carbons (Fsp3) is 0.385. The molecule has 0 atom stereocenters. The Morgan fingerprint density at radius 1 is 1.10 bits per heavy atom. The summed E-state index contributed by atoms with van der Waals surface area (Å²) in [5.41, 5.74) is 1.30. The predicted octanol–water partition coefficient (Wildman–Crippen LogP) is 1.80. The van der Waals surface area contributed by atoms with Gasteiger partial charge in [-0.1, -0.05) is 6.07 Å². The molecule has 0 spiro atoms. The largest absolute Gasteiger partial charge is 0.341 e. The van der Waals surface area contributed by atoms with Crippen molar-refractivity contribution in [2.45, 2.75) is 12.8 Å². The van der Waals surface area contributed by atoms with Gasteiger partial charge in [-0.2, -0.15) is 0 Å². The quantitative estimate of drug-likeness (QED) is 0.605. The fourth-order valence-electron chi connectivity index (χ4n) is 1.52. The van der Waals surface area contributed by atoms with E-state index in [1.807, 2.05) is 7.05 Å². The zero-order valence-corrected chi connectivity index (χ0v) is 12.5. The first kappa shape index (κ1) is 18.2. The van der Waals surface area contributed by atoms with Gasteiger partial charge in [0.05, 0.1) is 0 Å². The van der Waals surface area contributed by atoms with Gasteiger partial charge in [-0.05, 0) is 38.2 Å². The van der Waals surface area contributed by atoms with Crippen LogP contribution in [0.2, 0.25) is 0 Å². The number of anilines is 2. The molecular weight excluding hydrogens is 280 g/mol. The molecule has 1 aromatic rings. The van der Waals surface area contributed by atoms with Gasteiger partial charge in [-0.25, -0.2) is 4.79 Å². The van der Waals surface area contributed by atoms with Crippen molar-refractivity contribution in [1.82, 2.24) is 10.6 Å². The van der Waals surface area contributed by atoms with Gasteiger partial charge in [0.25, 0.3) is 0 Å². The highest BCUT2D eigenvalue weighted by Crippen LogP contribution is 2.15. The molecule has 0 radical (unpaired) electrons. The first-order valence-corrected chi connectivity index (χ1v) is 6.19. The topological polar surface area (TPSA) is 82.3 Å². The minimum Gasteiger partial charge on any atom is -0.341 e. The smallest absolute Gasteiger partial charge is 0.318 e. The maximum Gasteiger partial charge on any atom is 0.318 e. The van der Waals surface area contributed by atoms with Crippen LogP contribution in [0.5, 0.6) is 0 Å². The van der Waals surface area contributed by atoms with Crippen molar-refractivity contribution in [2.24, 2.45) is 0 Å². The first-order valence-electron chi connectivity index (χ1n) is 6.19. The molecule has 0 aliphatic heterocycles. The van der Waals surface area contributed by atoms with Crippen molar-refractivity contribution in [3.8, 4) is 0 Å². The van der Waals surface area contributed by atoms with Gasteiger partial charge >= 0.3 is 6.03 Å². The van der Waals surface area contributed by atoms with E-state index >= 15 is 0 Å². The van der Waals surface area contributed by atoms with Crippen LogP contribution in [0.4, 0.5) is 16.2 Å². The number of rotatable bonds is 6. The van der Waals surface area contributed by atoms with Gasteiger partial charge in [-0.3, -0.25) is 4.79 Å².